The minimum atomic E-state index is -3.96. The largest absolute Gasteiger partial charge is 0.369 e. The van der Waals surface area contributed by atoms with E-state index in [0.717, 1.165) is 0 Å². The summed E-state index contributed by atoms with van der Waals surface area (Å²) in [7, 11) is -7.93. The maximum atomic E-state index is 12.8. The number of rotatable bonds is 14. The average molecular weight is 348 g/mol. The summed E-state index contributed by atoms with van der Waals surface area (Å²) in [5.74, 6) is 0. The molecule has 0 rings (SSSR count). The maximum absolute atomic E-state index is 12.8. The van der Waals surface area contributed by atoms with E-state index in [2.05, 4.69) is 32.9 Å². The Hall–Kier alpha value is -1.00. The van der Waals surface area contributed by atoms with E-state index in [-0.39, 0.29) is 26.4 Å². The second kappa shape index (κ2) is 10.7. The summed E-state index contributed by atoms with van der Waals surface area (Å²) in [6, 6.07) is 0. The van der Waals surface area contributed by atoms with Gasteiger partial charge in [0.05, 0.1) is 26.4 Å². The Kier molecular flexibility index (Phi) is 10.2. The Labute approximate surface area is 131 Å². The van der Waals surface area contributed by atoms with E-state index in [0.29, 0.717) is 0 Å². The lowest BCUT2D eigenvalue weighted by Crippen LogP contribution is -2.04. The van der Waals surface area contributed by atoms with Crippen LogP contribution < -0.4 is 0 Å². The molecule has 0 heterocycles. The highest BCUT2D eigenvalue weighted by molar-refractivity contribution is 7.78. The fraction of sp³-hybridized carbons (Fsp3) is 0.286. The van der Waals surface area contributed by atoms with E-state index in [1.54, 1.807) is 0 Å². The van der Waals surface area contributed by atoms with Gasteiger partial charge in [0, 0.05) is 0 Å². The topological polar surface area (TPSA) is 71.1 Å². The predicted octanol–water partition coefficient (Wildman–Crippen LogP) is 4.65. The van der Waals surface area contributed by atoms with Crippen molar-refractivity contribution in [1.29, 1.82) is 0 Å². The molecule has 0 aromatic heterocycles. The average Bonchev–Trinajstić information content (AvgIpc) is 2.53. The first-order valence-corrected chi connectivity index (χ1v) is 9.40. The molecule has 0 bridgehead atoms. The van der Waals surface area contributed by atoms with Crippen molar-refractivity contribution in [3.8, 4) is 0 Å². The zero-order valence-electron chi connectivity index (χ0n) is 12.5. The van der Waals surface area contributed by atoms with Crippen molar-refractivity contribution in [2.45, 2.75) is 0 Å². The molecule has 0 aromatic rings. The molecule has 0 aromatic carbocycles. The lowest BCUT2D eigenvalue weighted by Gasteiger charge is -2.24. The third-order valence-electron chi connectivity index (χ3n) is 2.08. The summed E-state index contributed by atoms with van der Waals surface area (Å²) in [6.07, 6.45) is 5.49. The van der Waals surface area contributed by atoms with Gasteiger partial charge in [-0.15, -0.1) is 26.3 Å². The van der Waals surface area contributed by atoms with Gasteiger partial charge in [0.15, 0.2) is 0 Å². The Morgan fingerprint density at radius 2 is 0.909 bits per heavy atom. The van der Waals surface area contributed by atoms with E-state index >= 15 is 0 Å². The zero-order valence-corrected chi connectivity index (χ0v) is 14.3. The van der Waals surface area contributed by atoms with Crippen LogP contribution >= 0.6 is 15.2 Å². The molecular weight excluding hydrogens is 326 g/mol. The van der Waals surface area contributed by atoms with Gasteiger partial charge in [-0.3, -0.25) is 9.13 Å². The molecule has 0 N–H and O–H groups in total. The standard InChI is InChI=1S/C14H22O6P2/c1-6-10-17-21(15,18-11-7-2)14(5)22(16,19-12-8-3)20-13-9-4/h6-9H,1-5,10-13H2. The summed E-state index contributed by atoms with van der Waals surface area (Å²) in [5, 5.41) is -0.396. The minimum absolute atomic E-state index is 0.0869. The predicted molar refractivity (Wildman–Crippen MR) is 88.9 cm³/mol. The van der Waals surface area contributed by atoms with Crippen LogP contribution in [-0.4, -0.2) is 26.4 Å². The fourth-order valence-electron chi connectivity index (χ4n) is 1.13. The normalized spacial score (nSPS) is 11.6. The number of hydrogen-bond donors (Lipinski definition) is 0. The Morgan fingerprint density at radius 1 is 0.682 bits per heavy atom. The van der Waals surface area contributed by atoms with Crippen LogP contribution in [0.25, 0.3) is 0 Å². The smallest absolute Gasteiger partial charge is 0.301 e. The van der Waals surface area contributed by atoms with Crippen molar-refractivity contribution in [3.05, 3.63) is 62.3 Å². The van der Waals surface area contributed by atoms with Crippen molar-refractivity contribution >= 4 is 15.2 Å². The van der Waals surface area contributed by atoms with Crippen molar-refractivity contribution < 1.29 is 27.2 Å². The van der Waals surface area contributed by atoms with Gasteiger partial charge in [-0.2, -0.15) is 0 Å². The first-order valence-electron chi connectivity index (χ1n) is 6.32. The molecule has 0 saturated carbocycles. The molecule has 0 unspecified atom stereocenters. The molecule has 0 radical (unpaired) electrons. The van der Waals surface area contributed by atoms with Crippen LogP contribution in [0.2, 0.25) is 0 Å². The van der Waals surface area contributed by atoms with Gasteiger partial charge in [0.2, 0.25) is 0 Å². The van der Waals surface area contributed by atoms with E-state index in [9.17, 15) is 9.13 Å². The number of hydrogen-bond acceptors (Lipinski definition) is 6. The molecule has 0 spiro atoms. The monoisotopic (exact) mass is 348 g/mol. The first-order chi connectivity index (χ1) is 10.4. The van der Waals surface area contributed by atoms with E-state index in [4.69, 9.17) is 18.1 Å². The fourth-order valence-corrected chi connectivity index (χ4v) is 4.97. The summed E-state index contributed by atoms with van der Waals surface area (Å²) < 4.78 is 46.1. The van der Waals surface area contributed by atoms with Crippen molar-refractivity contribution in [2.24, 2.45) is 0 Å². The molecule has 0 aliphatic carbocycles. The molecular formula is C14H22O6P2. The lowest BCUT2D eigenvalue weighted by atomic mass is 10.7. The van der Waals surface area contributed by atoms with Gasteiger partial charge in [0.25, 0.3) is 0 Å². The molecule has 0 atom stereocenters. The first kappa shape index (κ1) is 21.0. The third kappa shape index (κ3) is 6.41. The van der Waals surface area contributed by atoms with Gasteiger partial charge in [-0.1, -0.05) is 30.9 Å². The van der Waals surface area contributed by atoms with Gasteiger partial charge in [-0.05, 0) is 0 Å². The highest BCUT2D eigenvalue weighted by atomic mass is 31.2. The zero-order chi connectivity index (χ0) is 17.1. The SMILES string of the molecule is C=CCOP(=O)(OCC=C)C(=C)P(=O)(OCC=C)OCC=C. The summed E-state index contributed by atoms with van der Waals surface area (Å²) in [4.78, 5) is 0. The summed E-state index contributed by atoms with van der Waals surface area (Å²) in [5.41, 5.74) is 0. The second-order valence-electron chi connectivity index (χ2n) is 3.75. The molecule has 124 valence electrons. The molecule has 0 aliphatic heterocycles. The van der Waals surface area contributed by atoms with Crippen LogP contribution in [0.15, 0.2) is 62.3 Å². The Bertz CT molecular complexity index is 435. The van der Waals surface area contributed by atoms with Gasteiger partial charge in [0.1, 0.15) is 5.06 Å². The third-order valence-corrected chi connectivity index (χ3v) is 6.77. The van der Waals surface area contributed by atoms with Crippen LogP contribution in [0.5, 0.6) is 0 Å². The van der Waals surface area contributed by atoms with Gasteiger partial charge < -0.3 is 18.1 Å². The quantitative estimate of drug-likeness (QED) is 0.336. The van der Waals surface area contributed by atoms with Crippen molar-refractivity contribution in [2.75, 3.05) is 26.4 Å². The maximum Gasteiger partial charge on any atom is 0.369 e. The van der Waals surface area contributed by atoms with Crippen molar-refractivity contribution in [1.82, 2.24) is 0 Å². The summed E-state index contributed by atoms with van der Waals surface area (Å²) in [6.45, 7) is 17.0. The van der Waals surface area contributed by atoms with Gasteiger partial charge >= 0.3 is 15.2 Å². The van der Waals surface area contributed by atoms with E-state index in [1.165, 1.54) is 24.3 Å². The molecule has 22 heavy (non-hydrogen) atoms. The van der Waals surface area contributed by atoms with Crippen LogP contribution in [0.3, 0.4) is 0 Å². The lowest BCUT2D eigenvalue weighted by molar-refractivity contribution is 0.231. The van der Waals surface area contributed by atoms with Crippen LogP contribution in [0, 0.1) is 0 Å². The molecule has 0 aliphatic rings. The Balaban J connectivity index is 5.47. The highest BCUT2D eigenvalue weighted by Crippen LogP contribution is 2.73. The minimum Gasteiger partial charge on any atom is -0.301 e. The molecule has 0 fully saturated rings. The Morgan fingerprint density at radius 3 is 1.09 bits per heavy atom. The van der Waals surface area contributed by atoms with Crippen LogP contribution in [0.1, 0.15) is 0 Å². The van der Waals surface area contributed by atoms with E-state index < -0.39 is 20.2 Å². The molecule has 0 amide bonds. The second-order valence-corrected chi connectivity index (χ2v) is 8.20. The summed E-state index contributed by atoms with van der Waals surface area (Å²) >= 11 is 0. The highest BCUT2D eigenvalue weighted by Gasteiger charge is 2.43. The van der Waals surface area contributed by atoms with Crippen LogP contribution in [0.4, 0.5) is 0 Å². The molecule has 6 nitrogen and oxygen atoms in total. The van der Waals surface area contributed by atoms with Crippen LogP contribution in [-0.2, 0) is 27.2 Å². The van der Waals surface area contributed by atoms with E-state index in [1.807, 2.05) is 0 Å². The van der Waals surface area contributed by atoms with Crippen molar-refractivity contribution in [3.63, 3.8) is 0 Å². The van der Waals surface area contributed by atoms with Gasteiger partial charge in [-0.25, -0.2) is 0 Å². The molecule has 8 heteroatoms. The molecule has 0 saturated heterocycles.